The number of carboxylic acid groups (broad SMARTS) is 1. The summed E-state index contributed by atoms with van der Waals surface area (Å²) in [6.45, 7) is 1.70. The number of rotatable bonds is 7. The fourth-order valence-corrected chi connectivity index (χ4v) is 2.04. The van der Waals surface area contributed by atoms with Gasteiger partial charge in [-0.05, 0) is 24.6 Å². The number of carbonyl (C=O) groups is 2. The predicted molar refractivity (Wildman–Crippen MR) is 75.8 cm³/mol. The number of benzene rings is 1. The summed E-state index contributed by atoms with van der Waals surface area (Å²) in [7, 11) is 1.44. The molecule has 0 bridgehead atoms. The van der Waals surface area contributed by atoms with E-state index in [2.05, 4.69) is 5.32 Å². The highest BCUT2D eigenvalue weighted by molar-refractivity contribution is 5.95. The molecule has 0 aliphatic heterocycles. The van der Waals surface area contributed by atoms with E-state index in [1.165, 1.54) is 7.11 Å². The first-order valence-electron chi connectivity index (χ1n) is 6.39. The number of methoxy groups -OCH3 is 1. The summed E-state index contributed by atoms with van der Waals surface area (Å²) < 4.78 is 4.99. The standard InChI is InChI=1S/C15H18N2O4/c1-15(10-21-2,9-13(18)19)17-14(20)12-5-3-4-11(8-12)6-7-16/h3-5,8H,6,9-10H2,1-2H3,(H,17,20)(H,18,19). The molecule has 1 rings (SSSR count). The maximum absolute atomic E-state index is 12.2. The van der Waals surface area contributed by atoms with Crippen LogP contribution in [0, 0.1) is 11.3 Å². The van der Waals surface area contributed by atoms with Crippen LogP contribution in [-0.2, 0) is 16.0 Å². The van der Waals surface area contributed by atoms with E-state index in [0.717, 1.165) is 5.56 Å². The molecular weight excluding hydrogens is 272 g/mol. The SMILES string of the molecule is COCC(C)(CC(=O)O)NC(=O)c1cccc(CC#N)c1. The first-order valence-corrected chi connectivity index (χ1v) is 6.39. The molecule has 1 aromatic rings. The fraction of sp³-hybridized carbons (Fsp3) is 0.400. The van der Waals surface area contributed by atoms with Crippen molar-refractivity contribution < 1.29 is 19.4 Å². The van der Waals surface area contributed by atoms with Crippen molar-refractivity contribution in [2.45, 2.75) is 25.3 Å². The van der Waals surface area contributed by atoms with E-state index in [-0.39, 0.29) is 19.4 Å². The van der Waals surface area contributed by atoms with E-state index in [4.69, 9.17) is 15.1 Å². The van der Waals surface area contributed by atoms with E-state index in [9.17, 15) is 9.59 Å². The second kappa shape index (κ2) is 7.41. The molecule has 1 aromatic carbocycles. The number of ether oxygens (including phenoxy) is 1. The lowest BCUT2D eigenvalue weighted by Gasteiger charge is -2.28. The minimum absolute atomic E-state index is 0.0862. The third-order valence-corrected chi connectivity index (χ3v) is 2.89. The summed E-state index contributed by atoms with van der Waals surface area (Å²) in [6, 6.07) is 8.69. The van der Waals surface area contributed by atoms with E-state index < -0.39 is 17.4 Å². The Morgan fingerprint density at radius 3 is 2.76 bits per heavy atom. The third-order valence-electron chi connectivity index (χ3n) is 2.89. The van der Waals surface area contributed by atoms with Crippen LogP contribution in [0.25, 0.3) is 0 Å². The Morgan fingerprint density at radius 2 is 2.19 bits per heavy atom. The van der Waals surface area contributed by atoms with E-state index in [1.807, 2.05) is 6.07 Å². The van der Waals surface area contributed by atoms with Gasteiger partial charge in [-0.2, -0.15) is 5.26 Å². The van der Waals surface area contributed by atoms with Gasteiger partial charge in [0.25, 0.3) is 5.91 Å². The summed E-state index contributed by atoms with van der Waals surface area (Å²) in [6.07, 6.45) is -0.0317. The van der Waals surface area contributed by atoms with Gasteiger partial charge in [-0.15, -0.1) is 0 Å². The number of nitriles is 1. The Hall–Kier alpha value is -2.39. The normalized spacial score (nSPS) is 13.0. The molecule has 2 N–H and O–H groups in total. The molecule has 0 aromatic heterocycles. The molecule has 0 aliphatic rings. The summed E-state index contributed by atoms with van der Waals surface area (Å²) in [5, 5.41) is 20.3. The Labute approximate surface area is 123 Å². The molecule has 21 heavy (non-hydrogen) atoms. The number of aliphatic carboxylic acids is 1. The molecule has 1 unspecified atom stereocenters. The zero-order valence-electron chi connectivity index (χ0n) is 12.0. The van der Waals surface area contributed by atoms with Crippen molar-refractivity contribution in [3.63, 3.8) is 0 Å². The van der Waals surface area contributed by atoms with Crippen molar-refractivity contribution in [3.05, 3.63) is 35.4 Å². The van der Waals surface area contributed by atoms with Crippen LogP contribution < -0.4 is 5.32 Å². The molecule has 0 fully saturated rings. The smallest absolute Gasteiger partial charge is 0.305 e. The highest BCUT2D eigenvalue weighted by Crippen LogP contribution is 2.13. The Morgan fingerprint density at radius 1 is 1.48 bits per heavy atom. The largest absolute Gasteiger partial charge is 0.481 e. The van der Waals surface area contributed by atoms with Gasteiger partial charge in [0.1, 0.15) is 0 Å². The molecule has 0 saturated heterocycles. The van der Waals surface area contributed by atoms with Gasteiger partial charge in [0, 0.05) is 12.7 Å². The van der Waals surface area contributed by atoms with Crippen LogP contribution in [0.4, 0.5) is 0 Å². The van der Waals surface area contributed by atoms with Crippen LogP contribution in [0.2, 0.25) is 0 Å². The van der Waals surface area contributed by atoms with Crippen molar-refractivity contribution in [2.24, 2.45) is 0 Å². The lowest BCUT2D eigenvalue weighted by atomic mass is 9.98. The topological polar surface area (TPSA) is 99.4 Å². The number of carbonyl (C=O) groups excluding carboxylic acids is 1. The lowest BCUT2D eigenvalue weighted by Crippen LogP contribution is -2.50. The van der Waals surface area contributed by atoms with Crippen molar-refractivity contribution in [1.29, 1.82) is 5.26 Å². The molecule has 0 aliphatic carbocycles. The molecule has 0 heterocycles. The van der Waals surface area contributed by atoms with Gasteiger partial charge in [0.15, 0.2) is 0 Å². The van der Waals surface area contributed by atoms with Crippen molar-refractivity contribution in [1.82, 2.24) is 5.32 Å². The lowest BCUT2D eigenvalue weighted by molar-refractivity contribution is -0.139. The van der Waals surface area contributed by atoms with Crippen LogP contribution in [0.15, 0.2) is 24.3 Å². The maximum Gasteiger partial charge on any atom is 0.305 e. The number of amides is 1. The minimum Gasteiger partial charge on any atom is -0.481 e. The molecule has 0 spiro atoms. The molecule has 0 saturated carbocycles. The Balaban J connectivity index is 2.89. The van der Waals surface area contributed by atoms with Crippen molar-refractivity contribution >= 4 is 11.9 Å². The fourth-order valence-electron chi connectivity index (χ4n) is 2.04. The highest BCUT2D eigenvalue weighted by Gasteiger charge is 2.29. The molecule has 1 atom stereocenters. The van der Waals surface area contributed by atoms with Crippen LogP contribution in [0.5, 0.6) is 0 Å². The molecule has 1 amide bonds. The molecule has 112 valence electrons. The van der Waals surface area contributed by atoms with Crippen molar-refractivity contribution in [3.8, 4) is 6.07 Å². The van der Waals surface area contributed by atoms with Gasteiger partial charge in [0.05, 0.1) is 31.1 Å². The van der Waals surface area contributed by atoms with Gasteiger partial charge in [-0.3, -0.25) is 9.59 Å². The number of nitrogens with one attached hydrogen (secondary N) is 1. The average Bonchev–Trinajstić information content (AvgIpc) is 2.38. The minimum atomic E-state index is -1.02. The first kappa shape index (κ1) is 16.7. The number of hydrogen-bond donors (Lipinski definition) is 2. The van der Waals surface area contributed by atoms with Crippen molar-refractivity contribution in [2.75, 3.05) is 13.7 Å². The van der Waals surface area contributed by atoms with Gasteiger partial charge in [-0.25, -0.2) is 0 Å². The maximum atomic E-state index is 12.2. The Kier molecular flexibility index (Phi) is 5.88. The van der Waals surface area contributed by atoms with Gasteiger partial charge < -0.3 is 15.2 Å². The van der Waals surface area contributed by atoms with Crippen LogP contribution >= 0.6 is 0 Å². The molecule has 6 heteroatoms. The zero-order chi connectivity index (χ0) is 15.9. The van der Waals surface area contributed by atoms with Gasteiger partial charge in [0.2, 0.25) is 0 Å². The monoisotopic (exact) mass is 290 g/mol. The molecule has 0 radical (unpaired) electrons. The van der Waals surface area contributed by atoms with E-state index >= 15 is 0 Å². The predicted octanol–water partition coefficient (Wildman–Crippen LogP) is 1.36. The summed E-state index contributed by atoms with van der Waals surface area (Å²) >= 11 is 0. The number of carboxylic acids is 1. The second-order valence-electron chi connectivity index (χ2n) is 5.05. The van der Waals surface area contributed by atoms with Gasteiger partial charge in [-0.1, -0.05) is 12.1 Å². The Bertz CT molecular complexity index is 565. The number of hydrogen-bond acceptors (Lipinski definition) is 4. The van der Waals surface area contributed by atoms with Crippen LogP contribution in [-0.4, -0.2) is 36.2 Å². The quantitative estimate of drug-likeness (QED) is 0.790. The molecule has 6 nitrogen and oxygen atoms in total. The number of nitrogens with zero attached hydrogens (tertiary/aromatic N) is 1. The van der Waals surface area contributed by atoms with Gasteiger partial charge >= 0.3 is 5.97 Å². The summed E-state index contributed by atoms with van der Waals surface area (Å²) in [4.78, 5) is 23.1. The van der Waals surface area contributed by atoms with E-state index in [0.29, 0.717) is 5.56 Å². The van der Waals surface area contributed by atoms with Crippen LogP contribution in [0.1, 0.15) is 29.3 Å². The molecular formula is C15H18N2O4. The van der Waals surface area contributed by atoms with Crippen LogP contribution in [0.3, 0.4) is 0 Å². The average molecular weight is 290 g/mol. The third kappa shape index (κ3) is 5.24. The highest BCUT2D eigenvalue weighted by atomic mass is 16.5. The first-order chi connectivity index (χ1) is 9.90. The zero-order valence-corrected chi connectivity index (χ0v) is 12.0. The van der Waals surface area contributed by atoms with E-state index in [1.54, 1.807) is 31.2 Å². The summed E-state index contributed by atoms with van der Waals surface area (Å²) in [5.41, 5.74) is 0.121. The summed E-state index contributed by atoms with van der Waals surface area (Å²) in [5.74, 6) is -1.41. The second-order valence-corrected chi connectivity index (χ2v) is 5.05.